The molecule has 0 aliphatic heterocycles. The second-order valence-electron chi connectivity index (χ2n) is 4.57. The maximum absolute atomic E-state index is 10.3. The Hall–Kier alpha value is -1.39. The van der Waals surface area contributed by atoms with Gasteiger partial charge >= 0.3 is 5.97 Å². The number of carboxylic acid groups (broad SMARTS) is 1. The van der Waals surface area contributed by atoms with E-state index in [-0.39, 0.29) is 12.5 Å². The standard InChI is InChI=1S/C16H26O4/c1-2-3-9-12-15(20-19)13-10-7-5-4-6-8-11-14-16(17)18/h3,5,7,9-10,13,15,19H,2,4,6,8,11-12,14H2,1H3,(H,17,18). The molecule has 0 bridgehead atoms. The minimum Gasteiger partial charge on any atom is -0.481 e. The van der Waals surface area contributed by atoms with Gasteiger partial charge in [-0.1, -0.05) is 49.8 Å². The van der Waals surface area contributed by atoms with Crippen molar-refractivity contribution in [2.45, 2.75) is 58.0 Å². The van der Waals surface area contributed by atoms with Gasteiger partial charge in [-0.05, 0) is 32.1 Å². The Morgan fingerprint density at radius 3 is 2.60 bits per heavy atom. The van der Waals surface area contributed by atoms with E-state index in [1.54, 1.807) is 6.08 Å². The van der Waals surface area contributed by atoms with Crippen LogP contribution in [0.1, 0.15) is 51.9 Å². The van der Waals surface area contributed by atoms with Gasteiger partial charge in [0, 0.05) is 6.42 Å². The summed E-state index contributed by atoms with van der Waals surface area (Å²) in [7, 11) is 0. The molecule has 0 fully saturated rings. The third-order valence-electron chi connectivity index (χ3n) is 2.74. The third kappa shape index (κ3) is 13.1. The van der Waals surface area contributed by atoms with Crippen LogP contribution in [0, 0.1) is 0 Å². The fraction of sp³-hybridized carbons (Fsp3) is 0.562. The lowest BCUT2D eigenvalue weighted by Gasteiger charge is -2.03. The Labute approximate surface area is 121 Å². The van der Waals surface area contributed by atoms with Crippen molar-refractivity contribution in [2.24, 2.45) is 0 Å². The molecule has 1 unspecified atom stereocenters. The van der Waals surface area contributed by atoms with Crippen LogP contribution in [-0.4, -0.2) is 22.4 Å². The summed E-state index contributed by atoms with van der Waals surface area (Å²) in [6.07, 6.45) is 16.8. The van der Waals surface area contributed by atoms with Crippen LogP contribution in [0.4, 0.5) is 0 Å². The molecular formula is C16H26O4. The molecule has 0 saturated heterocycles. The summed E-state index contributed by atoms with van der Waals surface area (Å²) in [5.74, 6) is -0.726. The largest absolute Gasteiger partial charge is 0.481 e. The quantitative estimate of drug-likeness (QED) is 0.184. The molecule has 0 aliphatic rings. The van der Waals surface area contributed by atoms with Crippen LogP contribution in [0.3, 0.4) is 0 Å². The van der Waals surface area contributed by atoms with Gasteiger partial charge in [0.05, 0.1) is 0 Å². The second kappa shape index (κ2) is 14.0. The minimum atomic E-state index is -0.726. The van der Waals surface area contributed by atoms with Crippen LogP contribution in [0.15, 0.2) is 36.5 Å². The van der Waals surface area contributed by atoms with Crippen LogP contribution >= 0.6 is 0 Å². The number of aliphatic carboxylic acids is 1. The highest BCUT2D eigenvalue weighted by molar-refractivity contribution is 5.66. The third-order valence-corrected chi connectivity index (χ3v) is 2.74. The molecule has 4 nitrogen and oxygen atoms in total. The molecule has 4 heteroatoms. The molecule has 0 heterocycles. The van der Waals surface area contributed by atoms with Gasteiger partial charge in [0.25, 0.3) is 0 Å². The van der Waals surface area contributed by atoms with Crippen LogP contribution in [-0.2, 0) is 9.68 Å². The highest BCUT2D eigenvalue weighted by Gasteiger charge is 1.99. The van der Waals surface area contributed by atoms with Crippen LogP contribution in [0.5, 0.6) is 0 Å². The zero-order valence-electron chi connectivity index (χ0n) is 12.2. The van der Waals surface area contributed by atoms with Crippen LogP contribution in [0.2, 0.25) is 0 Å². The van der Waals surface area contributed by atoms with Crippen molar-refractivity contribution in [3.8, 4) is 0 Å². The van der Waals surface area contributed by atoms with Gasteiger partial charge in [-0.3, -0.25) is 10.1 Å². The molecule has 0 aromatic rings. The first-order valence-corrected chi connectivity index (χ1v) is 7.21. The number of hydrogen-bond acceptors (Lipinski definition) is 3. The smallest absolute Gasteiger partial charge is 0.303 e. The van der Waals surface area contributed by atoms with E-state index in [0.29, 0.717) is 6.42 Å². The van der Waals surface area contributed by atoms with Crippen molar-refractivity contribution >= 4 is 5.97 Å². The molecule has 0 aromatic carbocycles. The zero-order chi connectivity index (χ0) is 15.1. The molecule has 0 amide bonds. The van der Waals surface area contributed by atoms with Gasteiger partial charge in [-0.25, -0.2) is 4.89 Å². The topological polar surface area (TPSA) is 66.8 Å². The van der Waals surface area contributed by atoms with Crippen LogP contribution < -0.4 is 0 Å². The average Bonchev–Trinajstić information content (AvgIpc) is 2.43. The molecule has 0 spiro atoms. The lowest BCUT2D eigenvalue weighted by atomic mass is 10.1. The SMILES string of the molecule is CCC=CCC(C=CC=CCCCCCC(=O)O)OO. The van der Waals surface area contributed by atoms with Gasteiger partial charge in [0.1, 0.15) is 6.10 Å². The fourth-order valence-corrected chi connectivity index (χ4v) is 1.63. The van der Waals surface area contributed by atoms with Crippen molar-refractivity contribution in [3.05, 3.63) is 36.5 Å². The monoisotopic (exact) mass is 282 g/mol. The first kappa shape index (κ1) is 18.6. The van der Waals surface area contributed by atoms with E-state index < -0.39 is 5.97 Å². The molecule has 0 radical (unpaired) electrons. The molecule has 0 aliphatic carbocycles. The lowest BCUT2D eigenvalue weighted by Crippen LogP contribution is -2.04. The molecule has 1 atom stereocenters. The summed E-state index contributed by atoms with van der Waals surface area (Å²) in [4.78, 5) is 14.7. The molecule has 20 heavy (non-hydrogen) atoms. The Kier molecular flexibility index (Phi) is 13.1. The van der Waals surface area contributed by atoms with Gasteiger partial charge in [0.15, 0.2) is 0 Å². The first-order valence-electron chi connectivity index (χ1n) is 7.21. The summed E-state index contributed by atoms with van der Waals surface area (Å²) in [6.45, 7) is 2.06. The molecular weight excluding hydrogens is 256 g/mol. The molecule has 0 aromatic heterocycles. The summed E-state index contributed by atoms with van der Waals surface area (Å²) in [5.41, 5.74) is 0. The molecule has 114 valence electrons. The summed E-state index contributed by atoms with van der Waals surface area (Å²) in [5, 5.41) is 17.2. The van der Waals surface area contributed by atoms with Crippen LogP contribution in [0.25, 0.3) is 0 Å². The molecule has 2 N–H and O–H groups in total. The van der Waals surface area contributed by atoms with E-state index >= 15 is 0 Å². The lowest BCUT2D eigenvalue weighted by molar-refractivity contribution is -0.264. The van der Waals surface area contributed by atoms with E-state index in [2.05, 4.69) is 11.8 Å². The molecule has 0 rings (SSSR count). The van der Waals surface area contributed by atoms with E-state index in [0.717, 1.165) is 32.1 Å². The van der Waals surface area contributed by atoms with E-state index in [9.17, 15) is 4.79 Å². The summed E-state index contributed by atoms with van der Waals surface area (Å²) >= 11 is 0. The first-order chi connectivity index (χ1) is 9.70. The summed E-state index contributed by atoms with van der Waals surface area (Å²) < 4.78 is 0. The van der Waals surface area contributed by atoms with Crippen molar-refractivity contribution in [3.63, 3.8) is 0 Å². The number of carbonyl (C=O) groups is 1. The number of rotatable bonds is 12. The highest BCUT2D eigenvalue weighted by atomic mass is 17.1. The minimum absolute atomic E-state index is 0.254. The van der Waals surface area contributed by atoms with Crippen molar-refractivity contribution < 1.29 is 20.0 Å². The predicted octanol–water partition coefficient (Wildman–Crippen LogP) is 4.35. The van der Waals surface area contributed by atoms with Crippen molar-refractivity contribution in [1.29, 1.82) is 0 Å². The Morgan fingerprint density at radius 1 is 1.15 bits per heavy atom. The Morgan fingerprint density at radius 2 is 1.95 bits per heavy atom. The Bertz CT molecular complexity index is 318. The number of hydrogen-bond donors (Lipinski definition) is 2. The number of allylic oxidation sites excluding steroid dienone is 4. The van der Waals surface area contributed by atoms with E-state index in [1.165, 1.54) is 0 Å². The molecule has 0 saturated carbocycles. The van der Waals surface area contributed by atoms with Gasteiger partial charge < -0.3 is 5.11 Å². The number of carboxylic acids is 1. The van der Waals surface area contributed by atoms with E-state index in [4.69, 9.17) is 10.4 Å². The van der Waals surface area contributed by atoms with E-state index in [1.807, 2.05) is 30.4 Å². The van der Waals surface area contributed by atoms with Crippen molar-refractivity contribution in [1.82, 2.24) is 0 Å². The maximum Gasteiger partial charge on any atom is 0.303 e. The average molecular weight is 282 g/mol. The van der Waals surface area contributed by atoms with Crippen molar-refractivity contribution in [2.75, 3.05) is 0 Å². The Balaban J connectivity index is 3.67. The maximum atomic E-state index is 10.3. The fourth-order valence-electron chi connectivity index (χ4n) is 1.63. The number of unbranched alkanes of at least 4 members (excludes halogenated alkanes) is 3. The van der Waals surface area contributed by atoms with Gasteiger partial charge in [-0.2, -0.15) is 0 Å². The second-order valence-corrected chi connectivity index (χ2v) is 4.57. The van der Waals surface area contributed by atoms with Gasteiger partial charge in [-0.15, -0.1) is 0 Å². The highest BCUT2D eigenvalue weighted by Crippen LogP contribution is 2.04. The predicted molar refractivity (Wildman–Crippen MR) is 80.6 cm³/mol. The zero-order valence-corrected chi connectivity index (χ0v) is 12.2. The normalized spacial score (nSPS) is 13.7. The van der Waals surface area contributed by atoms with Gasteiger partial charge in [0.2, 0.25) is 0 Å². The summed E-state index contributed by atoms with van der Waals surface area (Å²) in [6, 6.07) is 0.